The fourth-order valence-electron chi connectivity index (χ4n) is 4.18. The molecule has 0 aliphatic carbocycles. The van der Waals surface area contributed by atoms with E-state index in [0.717, 1.165) is 16.2 Å². The molecule has 0 unspecified atom stereocenters. The maximum Gasteiger partial charge on any atom is 0.261 e. The number of anilines is 1. The molecule has 3 aromatic rings. The van der Waals surface area contributed by atoms with Crippen molar-refractivity contribution in [3.05, 3.63) is 64.5 Å². The van der Waals surface area contributed by atoms with E-state index in [0.29, 0.717) is 43.7 Å². The zero-order valence-corrected chi connectivity index (χ0v) is 19.3. The molecule has 0 radical (unpaired) electrons. The zero-order chi connectivity index (χ0) is 23.8. The van der Waals surface area contributed by atoms with Gasteiger partial charge in [-0.15, -0.1) is 0 Å². The molecule has 2 heterocycles. The van der Waals surface area contributed by atoms with Crippen LogP contribution in [0.15, 0.2) is 52.4 Å². The Bertz CT molecular complexity index is 1380. The van der Waals surface area contributed by atoms with Crippen molar-refractivity contribution < 1.29 is 17.6 Å². The van der Waals surface area contributed by atoms with Crippen LogP contribution in [-0.4, -0.2) is 47.8 Å². The molecule has 33 heavy (non-hydrogen) atoms. The second-order valence-corrected chi connectivity index (χ2v) is 9.81. The molecule has 0 spiro atoms. The lowest BCUT2D eigenvalue weighted by atomic mass is 10.0. The highest BCUT2D eigenvalue weighted by atomic mass is 32.2. The van der Waals surface area contributed by atoms with Gasteiger partial charge in [0.05, 0.1) is 22.1 Å². The topological polar surface area (TPSA) is 92.6 Å². The molecule has 1 aromatic heterocycles. The van der Waals surface area contributed by atoms with Gasteiger partial charge in [-0.1, -0.05) is 13.8 Å². The van der Waals surface area contributed by atoms with Gasteiger partial charge in [0.1, 0.15) is 12.4 Å². The third-order valence-corrected chi connectivity index (χ3v) is 7.95. The molecular formula is C23H25FN4O4S. The minimum absolute atomic E-state index is 0.107. The summed E-state index contributed by atoms with van der Waals surface area (Å²) in [5, 5.41) is 0.107. The maximum absolute atomic E-state index is 13.6. The number of carbonyl (C=O) groups excluding carboxylic acids is 1. The summed E-state index contributed by atoms with van der Waals surface area (Å²) in [5.41, 5.74) is 1.27. The average molecular weight is 473 g/mol. The summed E-state index contributed by atoms with van der Waals surface area (Å²) in [6.45, 7) is 4.53. The molecule has 4 rings (SSSR count). The van der Waals surface area contributed by atoms with Crippen molar-refractivity contribution in [2.24, 2.45) is 0 Å². The standard InChI is InChI=1S/C23H25FN4O4S/c1-3-27(4-2)33(31,32)18-8-10-21-16(12-18)6-5-11-28(21)22(29)14-26-15-25-20-9-7-17(24)13-19(20)23(26)30/h7-10,12-13,15H,3-6,11,14H2,1-2H3. The van der Waals surface area contributed by atoms with Gasteiger partial charge in [-0.25, -0.2) is 17.8 Å². The molecule has 2 aromatic carbocycles. The summed E-state index contributed by atoms with van der Waals surface area (Å²) < 4.78 is 41.9. The first-order valence-electron chi connectivity index (χ1n) is 10.8. The molecule has 1 amide bonds. The number of sulfonamides is 1. The molecule has 0 fully saturated rings. The Morgan fingerprint density at radius 1 is 1.15 bits per heavy atom. The molecule has 1 aliphatic heterocycles. The van der Waals surface area contributed by atoms with Crippen LogP contribution in [0, 0.1) is 5.82 Å². The molecule has 0 saturated heterocycles. The van der Waals surface area contributed by atoms with Crippen molar-refractivity contribution in [2.45, 2.75) is 38.1 Å². The fraction of sp³-hybridized carbons (Fsp3) is 0.348. The highest BCUT2D eigenvalue weighted by Gasteiger charge is 2.27. The van der Waals surface area contributed by atoms with Crippen molar-refractivity contribution in [1.82, 2.24) is 13.9 Å². The van der Waals surface area contributed by atoms with Crippen molar-refractivity contribution in [1.29, 1.82) is 0 Å². The molecule has 0 N–H and O–H groups in total. The molecule has 0 atom stereocenters. The SMILES string of the molecule is CCN(CC)S(=O)(=O)c1ccc2c(c1)CCCN2C(=O)Cn1cnc2ccc(F)cc2c1=O. The van der Waals surface area contributed by atoms with Gasteiger partial charge in [-0.3, -0.25) is 14.2 Å². The van der Waals surface area contributed by atoms with Crippen LogP contribution in [0.3, 0.4) is 0 Å². The summed E-state index contributed by atoms with van der Waals surface area (Å²) in [7, 11) is -3.61. The van der Waals surface area contributed by atoms with Crippen molar-refractivity contribution in [2.75, 3.05) is 24.5 Å². The minimum Gasteiger partial charge on any atom is -0.311 e. The second-order valence-electron chi connectivity index (χ2n) is 7.87. The van der Waals surface area contributed by atoms with Gasteiger partial charge in [-0.05, 0) is 54.8 Å². The molecule has 1 aliphatic rings. The third kappa shape index (κ3) is 4.28. The Balaban J connectivity index is 1.63. The molecule has 0 saturated carbocycles. The summed E-state index contributed by atoms with van der Waals surface area (Å²) >= 11 is 0. The summed E-state index contributed by atoms with van der Waals surface area (Å²) in [5.74, 6) is -0.874. The van der Waals surface area contributed by atoms with Gasteiger partial charge >= 0.3 is 0 Å². The fourth-order valence-corrected chi connectivity index (χ4v) is 5.69. The van der Waals surface area contributed by atoms with Gasteiger partial charge in [0.25, 0.3) is 5.56 Å². The third-order valence-electron chi connectivity index (χ3n) is 5.91. The van der Waals surface area contributed by atoms with E-state index in [4.69, 9.17) is 0 Å². The van der Waals surface area contributed by atoms with E-state index >= 15 is 0 Å². The van der Waals surface area contributed by atoms with Crippen LogP contribution < -0.4 is 10.5 Å². The second kappa shape index (κ2) is 9.03. The number of benzene rings is 2. The predicted octanol–water partition coefficient (Wildman–Crippen LogP) is 2.55. The largest absolute Gasteiger partial charge is 0.311 e. The maximum atomic E-state index is 13.6. The molecular weight excluding hydrogens is 447 g/mol. The van der Waals surface area contributed by atoms with Crippen LogP contribution in [-0.2, 0) is 27.8 Å². The van der Waals surface area contributed by atoms with Crippen LogP contribution >= 0.6 is 0 Å². The number of amides is 1. The van der Waals surface area contributed by atoms with Gasteiger partial charge in [0.2, 0.25) is 15.9 Å². The number of nitrogens with zero attached hydrogens (tertiary/aromatic N) is 4. The van der Waals surface area contributed by atoms with Crippen LogP contribution in [0.2, 0.25) is 0 Å². The quantitative estimate of drug-likeness (QED) is 0.550. The van der Waals surface area contributed by atoms with Gasteiger partial charge in [0.15, 0.2) is 0 Å². The first-order valence-corrected chi connectivity index (χ1v) is 12.3. The highest BCUT2D eigenvalue weighted by molar-refractivity contribution is 7.89. The Hall–Kier alpha value is -3.11. The van der Waals surface area contributed by atoms with Gasteiger partial charge in [-0.2, -0.15) is 4.31 Å². The smallest absolute Gasteiger partial charge is 0.261 e. The Morgan fingerprint density at radius 2 is 1.91 bits per heavy atom. The number of aryl methyl sites for hydroxylation is 1. The number of hydrogen-bond donors (Lipinski definition) is 0. The number of halogens is 1. The lowest BCUT2D eigenvalue weighted by Crippen LogP contribution is -2.39. The molecule has 0 bridgehead atoms. The number of carbonyl (C=O) groups is 1. The first kappa shape index (κ1) is 23.1. The van der Waals surface area contributed by atoms with Crippen LogP contribution in [0.4, 0.5) is 10.1 Å². The lowest BCUT2D eigenvalue weighted by molar-refractivity contribution is -0.119. The van der Waals surface area contributed by atoms with Crippen LogP contribution in [0.1, 0.15) is 25.8 Å². The van der Waals surface area contributed by atoms with Gasteiger partial charge in [0, 0.05) is 25.3 Å². The number of hydrogen-bond acceptors (Lipinski definition) is 5. The summed E-state index contributed by atoms with van der Waals surface area (Å²) in [6, 6.07) is 8.56. The molecule has 10 heteroatoms. The normalized spacial score (nSPS) is 14.0. The summed E-state index contributed by atoms with van der Waals surface area (Å²) in [6.07, 6.45) is 2.60. The lowest BCUT2D eigenvalue weighted by Gasteiger charge is -2.30. The van der Waals surface area contributed by atoms with E-state index in [1.807, 2.05) is 0 Å². The molecule has 174 valence electrons. The number of rotatable bonds is 6. The van der Waals surface area contributed by atoms with Crippen LogP contribution in [0.25, 0.3) is 10.9 Å². The molecule has 8 nitrogen and oxygen atoms in total. The monoisotopic (exact) mass is 472 g/mol. The van der Waals surface area contributed by atoms with Crippen molar-refractivity contribution in [3.63, 3.8) is 0 Å². The van der Waals surface area contributed by atoms with Gasteiger partial charge < -0.3 is 4.90 Å². The summed E-state index contributed by atoms with van der Waals surface area (Å²) in [4.78, 5) is 31.8. The minimum atomic E-state index is -3.61. The zero-order valence-electron chi connectivity index (χ0n) is 18.5. The average Bonchev–Trinajstić information content (AvgIpc) is 2.81. The number of aromatic nitrogens is 2. The van der Waals surface area contributed by atoms with Crippen molar-refractivity contribution >= 4 is 32.5 Å². The Morgan fingerprint density at radius 3 is 2.64 bits per heavy atom. The van der Waals surface area contributed by atoms with E-state index in [1.54, 1.807) is 30.9 Å². The van der Waals surface area contributed by atoms with E-state index in [9.17, 15) is 22.4 Å². The predicted molar refractivity (Wildman–Crippen MR) is 123 cm³/mol. The number of fused-ring (bicyclic) bond motifs is 2. The Kier molecular flexibility index (Phi) is 6.31. The Labute approximate surface area is 191 Å². The van der Waals surface area contributed by atoms with E-state index in [-0.39, 0.29) is 22.7 Å². The van der Waals surface area contributed by atoms with Crippen molar-refractivity contribution in [3.8, 4) is 0 Å². The first-order chi connectivity index (χ1) is 15.8. The van der Waals surface area contributed by atoms with Crippen LogP contribution in [0.5, 0.6) is 0 Å². The van der Waals surface area contributed by atoms with E-state index in [2.05, 4.69) is 4.98 Å². The van der Waals surface area contributed by atoms with E-state index in [1.165, 1.54) is 28.8 Å². The highest BCUT2D eigenvalue weighted by Crippen LogP contribution is 2.30. The van der Waals surface area contributed by atoms with E-state index < -0.39 is 21.4 Å².